The predicted octanol–water partition coefficient (Wildman–Crippen LogP) is 3.77. The van der Waals surface area contributed by atoms with Gasteiger partial charge in [0.05, 0.1) is 5.57 Å². The smallest absolute Gasteiger partial charge is 0.253 e. The van der Waals surface area contributed by atoms with Crippen molar-refractivity contribution >= 4 is 23.6 Å². The number of para-hydroxylation sites is 1. The Hall–Kier alpha value is -2.26. The minimum atomic E-state index is -0.0329. The van der Waals surface area contributed by atoms with Crippen LogP contribution in [0.25, 0.3) is 6.08 Å². The van der Waals surface area contributed by atoms with E-state index in [1.165, 1.54) is 0 Å². The van der Waals surface area contributed by atoms with Gasteiger partial charge >= 0.3 is 0 Å². The van der Waals surface area contributed by atoms with E-state index in [0.717, 1.165) is 16.9 Å². The van der Waals surface area contributed by atoms with Gasteiger partial charge < -0.3 is 9.64 Å². The lowest BCUT2D eigenvalue weighted by Gasteiger charge is -2.22. The number of ether oxygens (including phenoxy) is 1. The summed E-state index contributed by atoms with van der Waals surface area (Å²) in [5.74, 6) is 0.783. The molecule has 1 aliphatic rings. The van der Waals surface area contributed by atoms with E-state index in [0.29, 0.717) is 23.7 Å². The van der Waals surface area contributed by atoms with Crippen molar-refractivity contribution in [1.82, 2.24) is 4.90 Å². The number of rotatable bonds is 3. The number of likely N-dealkylation sites (N-methyl/N-ethyl adjacent to an activating group) is 1. The average Bonchev–Trinajstić information content (AvgIpc) is 2.53. The number of nitrogens with zero attached hydrogens (tertiary/aromatic N) is 1. The summed E-state index contributed by atoms with van der Waals surface area (Å²) in [6.45, 7) is 0.814. The lowest BCUT2D eigenvalue weighted by atomic mass is 10.1. The van der Waals surface area contributed by atoms with Crippen LogP contribution in [-0.2, 0) is 11.3 Å². The number of amides is 1. The van der Waals surface area contributed by atoms with E-state index >= 15 is 0 Å². The molecule has 0 saturated heterocycles. The van der Waals surface area contributed by atoms with Gasteiger partial charge in [0.2, 0.25) is 0 Å². The summed E-state index contributed by atoms with van der Waals surface area (Å²) < 4.78 is 5.64. The maximum atomic E-state index is 12.5. The van der Waals surface area contributed by atoms with Gasteiger partial charge in [0.25, 0.3) is 5.91 Å². The maximum Gasteiger partial charge on any atom is 0.253 e. The summed E-state index contributed by atoms with van der Waals surface area (Å²) in [7, 11) is 1.78. The Morgan fingerprint density at radius 3 is 2.86 bits per heavy atom. The van der Waals surface area contributed by atoms with E-state index in [1.807, 2.05) is 54.6 Å². The quantitative estimate of drug-likeness (QED) is 0.863. The van der Waals surface area contributed by atoms with E-state index in [1.54, 1.807) is 11.9 Å². The summed E-state index contributed by atoms with van der Waals surface area (Å²) >= 11 is 5.98. The van der Waals surface area contributed by atoms with E-state index in [-0.39, 0.29) is 5.91 Å². The molecule has 0 saturated carbocycles. The number of hydrogen-bond acceptors (Lipinski definition) is 2. The van der Waals surface area contributed by atoms with Gasteiger partial charge in [-0.1, -0.05) is 41.9 Å². The minimum Gasteiger partial charge on any atom is -0.488 e. The second kappa shape index (κ2) is 6.24. The van der Waals surface area contributed by atoms with Crippen LogP contribution in [0.1, 0.15) is 11.1 Å². The van der Waals surface area contributed by atoms with Crippen molar-refractivity contribution in [2.45, 2.75) is 6.54 Å². The van der Waals surface area contributed by atoms with Gasteiger partial charge in [0.1, 0.15) is 12.4 Å². The zero-order valence-corrected chi connectivity index (χ0v) is 13.0. The molecular formula is C18H16ClNO2. The minimum absolute atomic E-state index is 0.0329. The van der Waals surface area contributed by atoms with Crippen molar-refractivity contribution in [3.8, 4) is 5.75 Å². The molecular weight excluding hydrogens is 298 g/mol. The average molecular weight is 314 g/mol. The first-order chi connectivity index (χ1) is 10.6. The molecule has 1 amide bonds. The van der Waals surface area contributed by atoms with Gasteiger partial charge in [-0.05, 0) is 29.8 Å². The highest BCUT2D eigenvalue weighted by atomic mass is 35.5. The molecule has 0 spiro atoms. The predicted molar refractivity (Wildman–Crippen MR) is 87.8 cm³/mol. The van der Waals surface area contributed by atoms with Crippen LogP contribution in [0.2, 0.25) is 5.02 Å². The first-order valence-electron chi connectivity index (χ1n) is 7.06. The van der Waals surface area contributed by atoms with Crippen LogP contribution in [0.5, 0.6) is 5.75 Å². The second-order valence-electron chi connectivity index (χ2n) is 5.29. The van der Waals surface area contributed by atoms with Crippen LogP contribution in [-0.4, -0.2) is 24.5 Å². The van der Waals surface area contributed by atoms with Gasteiger partial charge in [-0.15, -0.1) is 0 Å². The Kier molecular flexibility index (Phi) is 4.16. The Labute approximate surface area is 134 Å². The fraction of sp³-hybridized carbons (Fsp3) is 0.167. The largest absolute Gasteiger partial charge is 0.488 e. The second-order valence-corrected chi connectivity index (χ2v) is 5.72. The van der Waals surface area contributed by atoms with Crippen LogP contribution < -0.4 is 4.74 Å². The van der Waals surface area contributed by atoms with Gasteiger partial charge in [-0.3, -0.25) is 4.79 Å². The third-order valence-electron chi connectivity index (χ3n) is 3.56. The molecule has 0 N–H and O–H groups in total. The van der Waals surface area contributed by atoms with Gasteiger partial charge in [0, 0.05) is 24.2 Å². The van der Waals surface area contributed by atoms with Crippen molar-refractivity contribution in [3.63, 3.8) is 0 Å². The molecule has 0 bridgehead atoms. The molecule has 0 atom stereocenters. The number of carbonyl (C=O) groups is 1. The molecule has 3 rings (SSSR count). The highest BCUT2D eigenvalue weighted by molar-refractivity contribution is 6.30. The Balaban J connectivity index is 1.75. The fourth-order valence-corrected chi connectivity index (χ4v) is 2.68. The fourth-order valence-electron chi connectivity index (χ4n) is 2.47. The lowest BCUT2D eigenvalue weighted by molar-refractivity contribution is -0.126. The number of hydrogen-bond donors (Lipinski definition) is 0. The van der Waals surface area contributed by atoms with Crippen LogP contribution >= 0.6 is 11.6 Å². The Morgan fingerprint density at radius 1 is 1.23 bits per heavy atom. The summed E-state index contributed by atoms with van der Waals surface area (Å²) in [4.78, 5) is 14.2. The topological polar surface area (TPSA) is 29.5 Å². The number of fused-ring (bicyclic) bond motifs is 1. The molecule has 2 aromatic rings. The molecule has 22 heavy (non-hydrogen) atoms. The molecule has 1 aliphatic heterocycles. The van der Waals surface area contributed by atoms with E-state index in [2.05, 4.69) is 0 Å². The SMILES string of the molecule is CN(Cc1cccc(Cl)c1)C(=O)C1=Cc2ccccc2OC1. The van der Waals surface area contributed by atoms with Crippen LogP contribution in [0.3, 0.4) is 0 Å². The molecule has 4 heteroatoms. The molecule has 0 aromatic heterocycles. The monoisotopic (exact) mass is 313 g/mol. The zero-order valence-electron chi connectivity index (χ0n) is 12.3. The van der Waals surface area contributed by atoms with Gasteiger partial charge in [0.15, 0.2) is 0 Å². The van der Waals surface area contributed by atoms with Crippen LogP contribution in [0, 0.1) is 0 Å². The van der Waals surface area contributed by atoms with Crippen molar-refractivity contribution in [2.24, 2.45) is 0 Å². The zero-order chi connectivity index (χ0) is 15.5. The summed E-state index contributed by atoms with van der Waals surface area (Å²) in [5.41, 5.74) is 2.59. The highest BCUT2D eigenvalue weighted by Gasteiger charge is 2.20. The standard InChI is InChI=1S/C18H16ClNO2/c1-20(11-13-5-4-7-16(19)9-13)18(21)15-10-14-6-2-3-8-17(14)22-12-15/h2-10H,11-12H2,1H3. The molecule has 0 fully saturated rings. The van der Waals surface area contributed by atoms with E-state index in [9.17, 15) is 4.79 Å². The maximum absolute atomic E-state index is 12.5. The first-order valence-corrected chi connectivity index (χ1v) is 7.43. The molecule has 0 unspecified atom stereocenters. The summed E-state index contributed by atoms with van der Waals surface area (Å²) in [5, 5.41) is 0.674. The van der Waals surface area contributed by atoms with Crippen LogP contribution in [0.15, 0.2) is 54.1 Å². The molecule has 2 aromatic carbocycles. The van der Waals surface area contributed by atoms with Crippen molar-refractivity contribution in [2.75, 3.05) is 13.7 Å². The molecule has 3 nitrogen and oxygen atoms in total. The summed E-state index contributed by atoms with van der Waals surface area (Å²) in [6.07, 6.45) is 1.90. The van der Waals surface area contributed by atoms with Gasteiger partial charge in [-0.25, -0.2) is 0 Å². The normalized spacial score (nSPS) is 12.9. The molecule has 112 valence electrons. The van der Waals surface area contributed by atoms with Crippen molar-refractivity contribution in [3.05, 3.63) is 70.3 Å². The Bertz CT molecular complexity index is 739. The first kappa shape index (κ1) is 14.7. The van der Waals surface area contributed by atoms with E-state index in [4.69, 9.17) is 16.3 Å². The van der Waals surface area contributed by atoms with Gasteiger partial charge in [-0.2, -0.15) is 0 Å². The molecule has 0 aliphatic carbocycles. The van der Waals surface area contributed by atoms with Crippen LogP contribution in [0.4, 0.5) is 0 Å². The molecule has 0 radical (unpaired) electrons. The third-order valence-corrected chi connectivity index (χ3v) is 3.80. The lowest BCUT2D eigenvalue weighted by Crippen LogP contribution is -2.30. The van der Waals surface area contributed by atoms with Crippen molar-refractivity contribution in [1.29, 1.82) is 0 Å². The molecule has 1 heterocycles. The number of carbonyl (C=O) groups excluding carboxylic acids is 1. The third kappa shape index (κ3) is 3.15. The number of halogens is 1. The summed E-state index contributed by atoms with van der Waals surface area (Å²) in [6, 6.07) is 15.2. The Morgan fingerprint density at radius 2 is 2.05 bits per heavy atom. The highest BCUT2D eigenvalue weighted by Crippen LogP contribution is 2.26. The van der Waals surface area contributed by atoms with E-state index < -0.39 is 0 Å². The van der Waals surface area contributed by atoms with Crippen molar-refractivity contribution < 1.29 is 9.53 Å². The number of benzene rings is 2.